The van der Waals surface area contributed by atoms with Crippen molar-refractivity contribution in [3.05, 3.63) is 53.7 Å². The maximum Gasteiger partial charge on any atom is 0.291 e. The van der Waals surface area contributed by atoms with Crippen LogP contribution in [0.5, 0.6) is 0 Å². The van der Waals surface area contributed by atoms with E-state index in [2.05, 4.69) is 20.6 Å². The van der Waals surface area contributed by atoms with E-state index < -0.39 is 0 Å². The number of pyridine rings is 1. The Morgan fingerprint density at radius 3 is 2.90 bits per heavy atom. The van der Waals surface area contributed by atoms with Crippen molar-refractivity contribution < 1.29 is 14.3 Å². The fourth-order valence-corrected chi connectivity index (χ4v) is 3.63. The van der Waals surface area contributed by atoms with Gasteiger partial charge in [-0.3, -0.25) is 14.6 Å². The van der Waals surface area contributed by atoms with E-state index in [1.165, 1.54) is 0 Å². The number of aromatic nitrogens is 3. The minimum atomic E-state index is -0.345. The van der Waals surface area contributed by atoms with Crippen LogP contribution in [-0.2, 0) is 17.7 Å². The molecule has 0 atom stereocenters. The molecule has 0 spiro atoms. The molecule has 0 saturated heterocycles. The molecule has 150 valence electrons. The molecule has 1 aliphatic rings. The number of hydrogen-bond donors (Lipinski definition) is 2. The van der Waals surface area contributed by atoms with Crippen LogP contribution in [0.25, 0.3) is 10.9 Å². The number of methoxy groups -OCH3 is 1. The van der Waals surface area contributed by atoms with Crippen LogP contribution in [0.1, 0.15) is 39.6 Å². The summed E-state index contributed by atoms with van der Waals surface area (Å²) in [7, 11) is 1.58. The third kappa shape index (κ3) is 3.84. The predicted molar refractivity (Wildman–Crippen MR) is 109 cm³/mol. The SMILES string of the molecule is COCCNC(=O)c1nc(C(=O)Nc2cccc3cccnc23)n2c1CCCC2. The molecule has 2 aromatic heterocycles. The van der Waals surface area contributed by atoms with Gasteiger partial charge < -0.3 is 19.9 Å². The second-order valence-corrected chi connectivity index (χ2v) is 6.92. The number of imidazole rings is 1. The van der Waals surface area contributed by atoms with Crippen LogP contribution in [0, 0.1) is 0 Å². The molecule has 8 heteroatoms. The third-order valence-corrected chi connectivity index (χ3v) is 5.01. The van der Waals surface area contributed by atoms with Gasteiger partial charge in [0, 0.05) is 31.8 Å². The number of amides is 2. The molecule has 0 radical (unpaired) electrons. The van der Waals surface area contributed by atoms with E-state index in [1.54, 1.807) is 13.3 Å². The molecule has 3 aromatic rings. The van der Waals surface area contributed by atoms with Gasteiger partial charge in [-0.1, -0.05) is 18.2 Å². The Kier molecular flexibility index (Phi) is 5.53. The summed E-state index contributed by atoms with van der Waals surface area (Å²) in [4.78, 5) is 34.4. The molecule has 2 amide bonds. The Bertz CT molecular complexity index is 1050. The summed E-state index contributed by atoms with van der Waals surface area (Å²) in [5.74, 6) is -0.370. The summed E-state index contributed by atoms with van der Waals surface area (Å²) in [6.07, 6.45) is 4.34. The standard InChI is InChI=1S/C21H23N5O3/c1-29-13-11-23-20(27)18-16-9-2-3-12-26(16)19(25-18)21(28)24-15-8-4-6-14-7-5-10-22-17(14)15/h4-8,10H,2-3,9,11-13H2,1H3,(H,23,27)(H,24,28). The summed E-state index contributed by atoms with van der Waals surface area (Å²) >= 11 is 0. The third-order valence-electron chi connectivity index (χ3n) is 5.01. The number of benzene rings is 1. The minimum absolute atomic E-state index is 0.254. The van der Waals surface area contributed by atoms with Gasteiger partial charge in [0.15, 0.2) is 5.82 Å². The highest BCUT2D eigenvalue weighted by molar-refractivity contribution is 6.07. The van der Waals surface area contributed by atoms with E-state index in [0.717, 1.165) is 30.3 Å². The lowest BCUT2D eigenvalue weighted by Gasteiger charge is -2.17. The van der Waals surface area contributed by atoms with Gasteiger partial charge in [0.1, 0.15) is 5.69 Å². The largest absolute Gasteiger partial charge is 0.383 e. The minimum Gasteiger partial charge on any atom is -0.383 e. The lowest BCUT2D eigenvalue weighted by molar-refractivity contribution is 0.0931. The molecular formula is C21H23N5O3. The van der Waals surface area contributed by atoms with Crippen LogP contribution < -0.4 is 10.6 Å². The fourth-order valence-electron chi connectivity index (χ4n) is 3.63. The zero-order valence-corrected chi connectivity index (χ0v) is 16.3. The molecule has 29 heavy (non-hydrogen) atoms. The second kappa shape index (κ2) is 8.40. The molecule has 0 fully saturated rings. The number of anilines is 1. The summed E-state index contributed by atoms with van der Waals surface area (Å²) in [5, 5.41) is 6.65. The van der Waals surface area contributed by atoms with Gasteiger partial charge in [-0.15, -0.1) is 0 Å². The van der Waals surface area contributed by atoms with Crippen molar-refractivity contribution in [2.24, 2.45) is 0 Å². The maximum atomic E-state index is 13.1. The van der Waals surface area contributed by atoms with Crippen LogP contribution in [-0.4, -0.2) is 46.6 Å². The van der Waals surface area contributed by atoms with Gasteiger partial charge in [-0.25, -0.2) is 4.98 Å². The monoisotopic (exact) mass is 393 g/mol. The number of rotatable bonds is 6. The van der Waals surface area contributed by atoms with Crippen molar-refractivity contribution >= 4 is 28.4 Å². The van der Waals surface area contributed by atoms with Crippen molar-refractivity contribution in [1.82, 2.24) is 19.9 Å². The van der Waals surface area contributed by atoms with Crippen molar-refractivity contribution in [3.8, 4) is 0 Å². The first kappa shape index (κ1) is 19.1. The first-order valence-electron chi connectivity index (χ1n) is 9.70. The molecule has 2 N–H and O–H groups in total. The number of ether oxygens (including phenoxy) is 1. The first-order chi connectivity index (χ1) is 14.2. The van der Waals surface area contributed by atoms with Crippen LogP contribution in [0.4, 0.5) is 5.69 Å². The zero-order chi connectivity index (χ0) is 20.2. The van der Waals surface area contributed by atoms with E-state index in [-0.39, 0.29) is 17.6 Å². The van der Waals surface area contributed by atoms with Gasteiger partial charge >= 0.3 is 0 Å². The number of nitrogens with zero attached hydrogens (tertiary/aromatic N) is 3. The molecule has 0 unspecified atom stereocenters. The average molecular weight is 393 g/mol. The van der Waals surface area contributed by atoms with E-state index >= 15 is 0 Å². The Hall–Kier alpha value is -3.26. The maximum absolute atomic E-state index is 13.1. The van der Waals surface area contributed by atoms with E-state index in [0.29, 0.717) is 36.6 Å². The molecule has 0 bridgehead atoms. The Morgan fingerprint density at radius 1 is 1.17 bits per heavy atom. The quantitative estimate of drug-likeness (QED) is 0.627. The number of hydrogen-bond acceptors (Lipinski definition) is 5. The molecule has 3 heterocycles. The van der Waals surface area contributed by atoms with Crippen molar-refractivity contribution in [2.45, 2.75) is 25.8 Å². The van der Waals surface area contributed by atoms with Gasteiger partial charge in [0.25, 0.3) is 11.8 Å². The normalized spacial score (nSPS) is 13.1. The smallest absolute Gasteiger partial charge is 0.291 e. The van der Waals surface area contributed by atoms with Crippen molar-refractivity contribution in [1.29, 1.82) is 0 Å². The van der Waals surface area contributed by atoms with Gasteiger partial charge in [-0.05, 0) is 31.4 Å². The molecule has 0 aliphatic carbocycles. The van der Waals surface area contributed by atoms with Gasteiger partial charge in [0.05, 0.1) is 23.5 Å². The highest BCUT2D eigenvalue weighted by Gasteiger charge is 2.27. The lowest BCUT2D eigenvalue weighted by atomic mass is 10.1. The van der Waals surface area contributed by atoms with E-state index in [9.17, 15) is 9.59 Å². The summed E-state index contributed by atoms with van der Waals surface area (Å²) in [6, 6.07) is 9.42. The molecule has 8 nitrogen and oxygen atoms in total. The summed E-state index contributed by atoms with van der Waals surface area (Å²) in [6.45, 7) is 1.48. The van der Waals surface area contributed by atoms with Crippen molar-refractivity contribution in [2.75, 3.05) is 25.6 Å². The highest BCUT2D eigenvalue weighted by atomic mass is 16.5. The number of carbonyl (C=O) groups excluding carboxylic acids is 2. The molecule has 0 saturated carbocycles. The average Bonchev–Trinajstić information content (AvgIpc) is 3.14. The van der Waals surface area contributed by atoms with E-state index in [4.69, 9.17) is 4.74 Å². The fraction of sp³-hybridized carbons (Fsp3) is 0.333. The van der Waals surface area contributed by atoms with E-state index in [1.807, 2.05) is 34.9 Å². The Labute approximate surface area is 168 Å². The van der Waals surface area contributed by atoms with Crippen LogP contribution in [0.2, 0.25) is 0 Å². The van der Waals surface area contributed by atoms with Crippen LogP contribution >= 0.6 is 0 Å². The topological polar surface area (TPSA) is 98.1 Å². The molecule has 1 aliphatic heterocycles. The van der Waals surface area contributed by atoms with Gasteiger partial charge in [-0.2, -0.15) is 0 Å². The van der Waals surface area contributed by atoms with Crippen LogP contribution in [0.15, 0.2) is 36.5 Å². The first-order valence-corrected chi connectivity index (χ1v) is 9.70. The lowest BCUT2D eigenvalue weighted by Crippen LogP contribution is -2.28. The number of fused-ring (bicyclic) bond motifs is 2. The van der Waals surface area contributed by atoms with Crippen molar-refractivity contribution in [3.63, 3.8) is 0 Å². The summed E-state index contributed by atoms with van der Waals surface area (Å²) in [5.41, 5.74) is 2.47. The Balaban J connectivity index is 1.63. The van der Waals surface area contributed by atoms with Crippen LogP contribution in [0.3, 0.4) is 0 Å². The number of para-hydroxylation sites is 1. The molecule has 1 aromatic carbocycles. The number of carbonyl (C=O) groups is 2. The zero-order valence-electron chi connectivity index (χ0n) is 16.3. The molecular weight excluding hydrogens is 370 g/mol. The Morgan fingerprint density at radius 2 is 2.03 bits per heavy atom. The highest BCUT2D eigenvalue weighted by Crippen LogP contribution is 2.24. The second-order valence-electron chi connectivity index (χ2n) is 6.92. The predicted octanol–water partition coefficient (Wildman–Crippen LogP) is 2.40. The molecule has 4 rings (SSSR count). The summed E-state index contributed by atoms with van der Waals surface area (Å²) < 4.78 is 6.84. The van der Waals surface area contributed by atoms with Gasteiger partial charge in [0.2, 0.25) is 0 Å². The number of nitrogens with one attached hydrogen (secondary N) is 2.